The van der Waals surface area contributed by atoms with Crippen LogP contribution >= 0.6 is 0 Å². The molecule has 0 spiro atoms. The van der Waals surface area contributed by atoms with Crippen LogP contribution in [0.25, 0.3) is 89.1 Å². The van der Waals surface area contributed by atoms with Crippen molar-refractivity contribution in [3.63, 3.8) is 0 Å². The van der Waals surface area contributed by atoms with E-state index in [1.165, 1.54) is 5.39 Å². The zero-order chi connectivity index (χ0) is 33.3. The largest absolute Gasteiger partial charge is 0.264 e. The second kappa shape index (κ2) is 12.6. The van der Waals surface area contributed by atoms with Crippen LogP contribution in [0, 0.1) is 0 Å². The highest BCUT2D eigenvalue weighted by Gasteiger charge is 2.16. The lowest BCUT2D eigenvalue weighted by Gasteiger charge is -2.15. The van der Waals surface area contributed by atoms with Crippen LogP contribution in [0.5, 0.6) is 0 Å². The molecule has 0 radical (unpaired) electrons. The van der Waals surface area contributed by atoms with Gasteiger partial charge in [-0.1, -0.05) is 103 Å². The second-order valence-corrected chi connectivity index (χ2v) is 12.2. The van der Waals surface area contributed by atoms with E-state index >= 15 is 0 Å². The molecule has 4 aromatic carbocycles. The number of rotatable bonds is 6. The summed E-state index contributed by atoms with van der Waals surface area (Å²) in [5, 5.41) is 3.41. The molecule has 0 saturated heterocycles. The molecule has 5 aromatic heterocycles. The van der Waals surface area contributed by atoms with Crippen LogP contribution in [0.2, 0.25) is 0 Å². The van der Waals surface area contributed by atoms with Gasteiger partial charge in [0.25, 0.3) is 0 Å². The summed E-state index contributed by atoms with van der Waals surface area (Å²) in [7, 11) is 0. The van der Waals surface area contributed by atoms with Gasteiger partial charge >= 0.3 is 0 Å². The van der Waals surface area contributed by atoms with E-state index in [1.807, 2.05) is 60.9 Å². The Bertz CT molecular complexity index is 2550. The number of hydrogen-bond acceptors (Lipinski definition) is 5. The maximum atomic E-state index is 5.30. The first-order chi connectivity index (χ1) is 24.8. The minimum absolute atomic E-state index is 0.806. The third-order valence-corrected chi connectivity index (χ3v) is 9.07. The lowest BCUT2D eigenvalue weighted by atomic mass is 9.92. The number of aromatic nitrogens is 5. The van der Waals surface area contributed by atoms with Crippen LogP contribution in [0.15, 0.2) is 176 Å². The van der Waals surface area contributed by atoms with Gasteiger partial charge in [-0.2, -0.15) is 0 Å². The predicted octanol–water partition coefficient (Wildman–Crippen LogP) is 11.0. The summed E-state index contributed by atoms with van der Waals surface area (Å²) in [4.78, 5) is 23.8. The second-order valence-electron chi connectivity index (χ2n) is 12.2. The number of nitrogens with zero attached hydrogens (tertiary/aromatic N) is 5. The summed E-state index contributed by atoms with van der Waals surface area (Å²) in [6, 6.07) is 52.3. The van der Waals surface area contributed by atoms with E-state index in [1.54, 1.807) is 12.4 Å². The van der Waals surface area contributed by atoms with Crippen LogP contribution in [0.3, 0.4) is 0 Å². The van der Waals surface area contributed by atoms with Crippen molar-refractivity contribution >= 4 is 21.7 Å². The quantitative estimate of drug-likeness (QED) is 0.169. The van der Waals surface area contributed by atoms with E-state index < -0.39 is 0 Å². The highest BCUT2D eigenvalue weighted by molar-refractivity contribution is 6.17. The van der Waals surface area contributed by atoms with Crippen molar-refractivity contribution in [1.82, 2.24) is 24.9 Å². The molecular formula is C45H29N5. The summed E-state index contributed by atoms with van der Waals surface area (Å²) >= 11 is 0. The summed E-state index contributed by atoms with van der Waals surface area (Å²) in [6.07, 6.45) is 7.33. The summed E-state index contributed by atoms with van der Waals surface area (Å²) in [5.74, 6) is 0. The van der Waals surface area contributed by atoms with E-state index in [0.29, 0.717) is 0 Å². The van der Waals surface area contributed by atoms with Crippen molar-refractivity contribution in [1.29, 1.82) is 0 Å². The summed E-state index contributed by atoms with van der Waals surface area (Å²) in [6.45, 7) is 0. The number of fused-ring (bicyclic) bond motifs is 3. The molecule has 0 aliphatic carbocycles. The average Bonchev–Trinajstić information content (AvgIpc) is 3.21. The van der Waals surface area contributed by atoms with Gasteiger partial charge in [0.15, 0.2) is 0 Å². The fourth-order valence-electron chi connectivity index (χ4n) is 6.66. The van der Waals surface area contributed by atoms with Crippen molar-refractivity contribution < 1.29 is 0 Å². The number of pyridine rings is 5. The zero-order valence-electron chi connectivity index (χ0n) is 27.0. The van der Waals surface area contributed by atoms with Crippen molar-refractivity contribution in [2.24, 2.45) is 0 Å². The normalized spacial score (nSPS) is 11.2. The molecule has 0 fully saturated rings. The molecule has 0 aliphatic heterocycles. The lowest BCUT2D eigenvalue weighted by Crippen LogP contribution is -1.94. The van der Waals surface area contributed by atoms with E-state index in [2.05, 4.69) is 118 Å². The Morgan fingerprint density at radius 2 is 1.02 bits per heavy atom. The van der Waals surface area contributed by atoms with Gasteiger partial charge in [-0.25, -0.2) is 9.97 Å². The minimum atomic E-state index is 0.806. The maximum absolute atomic E-state index is 5.30. The van der Waals surface area contributed by atoms with Crippen LogP contribution in [-0.4, -0.2) is 24.9 Å². The Hall–Kier alpha value is -6.85. The van der Waals surface area contributed by atoms with Crippen LogP contribution in [0.1, 0.15) is 0 Å². The van der Waals surface area contributed by atoms with Crippen molar-refractivity contribution in [2.45, 2.75) is 0 Å². The standard InChI is InChI=1S/C45H29N5/c1-2-10-32(11-3-1)45-38-14-8-13-36(34-12-9-23-46-29-34)44(38)37-22-21-33(26-41(37)50-45)30-17-19-31(20-18-30)35-27-42(39-15-4-6-24-47-39)49-43(28-35)40-16-5-7-25-48-40/h1-29H. The highest BCUT2D eigenvalue weighted by atomic mass is 14.8. The minimum Gasteiger partial charge on any atom is -0.264 e. The molecule has 0 bridgehead atoms. The lowest BCUT2D eigenvalue weighted by molar-refractivity contribution is 1.22. The van der Waals surface area contributed by atoms with Gasteiger partial charge in [0.1, 0.15) is 0 Å². The topological polar surface area (TPSA) is 64.5 Å². The summed E-state index contributed by atoms with van der Waals surface area (Å²) < 4.78 is 0. The molecule has 5 heteroatoms. The Kier molecular flexibility index (Phi) is 7.41. The molecule has 0 amide bonds. The van der Waals surface area contributed by atoms with Gasteiger partial charge in [-0.3, -0.25) is 15.0 Å². The molecule has 5 heterocycles. The molecule has 0 aliphatic rings. The van der Waals surface area contributed by atoms with E-state index in [9.17, 15) is 0 Å². The Balaban J connectivity index is 1.16. The number of benzene rings is 4. The fraction of sp³-hybridized carbons (Fsp3) is 0. The third kappa shape index (κ3) is 5.47. The van der Waals surface area contributed by atoms with Crippen LogP contribution < -0.4 is 0 Å². The van der Waals surface area contributed by atoms with Crippen molar-refractivity contribution in [3.05, 3.63) is 176 Å². The monoisotopic (exact) mass is 639 g/mol. The Morgan fingerprint density at radius 3 is 1.68 bits per heavy atom. The Labute approximate surface area is 289 Å². The molecule has 234 valence electrons. The van der Waals surface area contributed by atoms with Gasteiger partial charge < -0.3 is 0 Å². The molecule has 0 saturated carbocycles. The molecule has 0 unspecified atom stereocenters. The average molecular weight is 640 g/mol. The molecular weight excluding hydrogens is 611 g/mol. The predicted molar refractivity (Wildman–Crippen MR) is 203 cm³/mol. The smallest absolute Gasteiger partial charge is 0.0900 e. The molecule has 5 nitrogen and oxygen atoms in total. The maximum Gasteiger partial charge on any atom is 0.0900 e. The van der Waals surface area contributed by atoms with Crippen molar-refractivity contribution in [3.8, 4) is 67.4 Å². The summed E-state index contributed by atoms with van der Waals surface area (Å²) in [5.41, 5.74) is 12.8. The van der Waals surface area contributed by atoms with E-state index in [-0.39, 0.29) is 0 Å². The van der Waals surface area contributed by atoms with Crippen LogP contribution in [0.4, 0.5) is 0 Å². The third-order valence-electron chi connectivity index (χ3n) is 9.07. The zero-order valence-corrected chi connectivity index (χ0v) is 27.0. The number of hydrogen-bond donors (Lipinski definition) is 0. The molecule has 9 aromatic rings. The fourth-order valence-corrected chi connectivity index (χ4v) is 6.66. The first-order valence-corrected chi connectivity index (χ1v) is 16.6. The SMILES string of the molecule is c1ccc(-c2nc3cc(-c4ccc(-c5cc(-c6ccccn6)nc(-c6ccccn6)c5)cc4)ccc3c3c(-c4cccnc4)cccc23)cc1. The first kappa shape index (κ1) is 29.3. The molecule has 50 heavy (non-hydrogen) atoms. The molecule has 0 N–H and O–H groups in total. The van der Waals surface area contributed by atoms with Gasteiger partial charge in [0.05, 0.1) is 34.0 Å². The van der Waals surface area contributed by atoms with Gasteiger partial charge in [0, 0.05) is 52.1 Å². The molecule has 0 atom stereocenters. The van der Waals surface area contributed by atoms with E-state index in [4.69, 9.17) is 9.97 Å². The van der Waals surface area contributed by atoms with Gasteiger partial charge in [-0.15, -0.1) is 0 Å². The van der Waals surface area contributed by atoms with Gasteiger partial charge in [0.2, 0.25) is 0 Å². The van der Waals surface area contributed by atoms with Crippen molar-refractivity contribution in [2.75, 3.05) is 0 Å². The van der Waals surface area contributed by atoms with Gasteiger partial charge in [-0.05, 0) is 76.3 Å². The Morgan fingerprint density at radius 1 is 0.360 bits per heavy atom. The highest BCUT2D eigenvalue weighted by Crippen LogP contribution is 2.40. The molecule has 9 rings (SSSR count). The van der Waals surface area contributed by atoms with E-state index in [0.717, 1.165) is 83.7 Å². The van der Waals surface area contributed by atoms with Crippen LogP contribution in [-0.2, 0) is 0 Å². The first-order valence-electron chi connectivity index (χ1n) is 16.6.